The van der Waals surface area contributed by atoms with E-state index in [0.29, 0.717) is 24.0 Å². The van der Waals surface area contributed by atoms with Crippen molar-refractivity contribution in [3.63, 3.8) is 0 Å². The molecule has 9 heteroatoms. The molecule has 2 aliphatic rings. The van der Waals surface area contributed by atoms with Crippen LogP contribution in [0.2, 0.25) is 5.02 Å². The fourth-order valence-electron chi connectivity index (χ4n) is 4.30. The molecule has 1 heterocycles. The zero-order chi connectivity index (χ0) is 22.3. The SMILES string of the molecule is O=C(/N=C(/NC1CCCC1)N[C@H]1CC[C@H](Nc2ncccn2)CC1)c1ccc(Cl)c(F)c1. The molecule has 0 unspecified atom stereocenters. The van der Waals surface area contributed by atoms with Crippen LogP contribution < -0.4 is 16.0 Å². The second-order valence-electron chi connectivity index (χ2n) is 8.43. The van der Waals surface area contributed by atoms with Gasteiger partial charge in [-0.15, -0.1) is 0 Å². The van der Waals surface area contributed by atoms with Gasteiger partial charge < -0.3 is 16.0 Å². The molecule has 0 saturated heterocycles. The molecular weight excluding hydrogens is 431 g/mol. The van der Waals surface area contributed by atoms with E-state index in [-0.39, 0.29) is 16.6 Å². The maximum Gasteiger partial charge on any atom is 0.280 e. The first kappa shape index (κ1) is 22.5. The lowest BCUT2D eigenvalue weighted by Gasteiger charge is -2.31. The van der Waals surface area contributed by atoms with Crippen LogP contribution in [0.15, 0.2) is 41.7 Å². The van der Waals surface area contributed by atoms with Crippen molar-refractivity contribution in [2.75, 3.05) is 5.32 Å². The van der Waals surface area contributed by atoms with Crippen LogP contribution in [-0.4, -0.2) is 40.0 Å². The number of carbonyl (C=O) groups is 1. The Bertz CT molecular complexity index is 943. The molecule has 2 saturated carbocycles. The van der Waals surface area contributed by atoms with E-state index in [1.54, 1.807) is 18.5 Å². The van der Waals surface area contributed by atoms with Crippen molar-refractivity contribution in [2.24, 2.45) is 4.99 Å². The number of anilines is 1. The summed E-state index contributed by atoms with van der Waals surface area (Å²) in [5.41, 5.74) is 0.176. The van der Waals surface area contributed by atoms with Gasteiger partial charge in [0, 0.05) is 36.1 Å². The maximum atomic E-state index is 13.8. The summed E-state index contributed by atoms with van der Waals surface area (Å²) in [4.78, 5) is 25.4. The minimum Gasteiger partial charge on any atom is -0.353 e. The van der Waals surface area contributed by atoms with Crippen molar-refractivity contribution < 1.29 is 9.18 Å². The molecule has 0 aliphatic heterocycles. The minimum absolute atomic E-state index is 0.0146. The van der Waals surface area contributed by atoms with Crippen LogP contribution in [0.3, 0.4) is 0 Å². The third kappa shape index (κ3) is 6.16. The summed E-state index contributed by atoms with van der Waals surface area (Å²) in [5, 5.41) is 10.2. The highest BCUT2D eigenvalue weighted by atomic mass is 35.5. The van der Waals surface area contributed by atoms with E-state index >= 15 is 0 Å². The number of rotatable bonds is 5. The van der Waals surface area contributed by atoms with Crippen LogP contribution in [0.1, 0.15) is 61.7 Å². The molecular formula is C23H28ClFN6O. The van der Waals surface area contributed by atoms with Crippen molar-refractivity contribution in [3.05, 3.63) is 53.1 Å². The number of benzene rings is 1. The molecule has 7 nitrogen and oxygen atoms in total. The number of amides is 1. The van der Waals surface area contributed by atoms with Gasteiger partial charge in [-0.25, -0.2) is 14.4 Å². The quantitative estimate of drug-likeness (QED) is 0.457. The molecule has 32 heavy (non-hydrogen) atoms. The summed E-state index contributed by atoms with van der Waals surface area (Å²) < 4.78 is 13.8. The Morgan fingerprint density at radius 3 is 2.25 bits per heavy atom. The standard InChI is InChI=1S/C23H28ClFN6O/c24-19-11-6-15(14-20(19)25)21(32)31-23(29-16-4-1-2-5-16)30-18-9-7-17(8-10-18)28-22-26-12-3-13-27-22/h3,6,11-14,16-18H,1-2,4-5,7-10H2,(H,26,27,28)(H2,29,30,31,32)/t17-,18-. The molecule has 3 N–H and O–H groups in total. The predicted molar refractivity (Wildman–Crippen MR) is 123 cm³/mol. The Labute approximate surface area is 192 Å². The molecule has 170 valence electrons. The second kappa shape index (κ2) is 10.7. The number of nitrogens with zero attached hydrogens (tertiary/aromatic N) is 3. The normalized spacial score (nSPS) is 21.9. The van der Waals surface area contributed by atoms with Crippen LogP contribution in [0.5, 0.6) is 0 Å². The van der Waals surface area contributed by atoms with Crippen LogP contribution in [0.25, 0.3) is 0 Å². The van der Waals surface area contributed by atoms with Crippen LogP contribution in [0, 0.1) is 5.82 Å². The molecule has 2 aromatic rings. The number of hydrogen-bond donors (Lipinski definition) is 3. The van der Waals surface area contributed by atoms with Crippen molar-refractivity contribution in [2.45, 2.75) is 69.5 Å². The predicted octanol–water partition coefficient (Wildman–Crippen LogP) is 4.31. The third-order valence-corrected chi connectivity index (χ3v) is 6.35. The third-order valence-electron chi connectivity index (χ3n) is 6.04. The Hall–Kier alpha value is -2.74. The summed E-state index contributed by atoms with van der Waals surface area (Å²) in [7, 11) is 0. The van der Waals surface area contributed by atoms with E-state index in [9.17, 15) is 9.18 Å². The first-order chi connectivity index (χ1) is 15.6. The van der Waals surface area contributed by atoms with E-state index < -0.39 is 11.7 Å². The number of carbonyl (C=O) groups excluding carboxylic acids is 1. The summed E-state index contributed by atoms with van der Waals surface area (Å²) in [6, 6.07) is 6.61. The molecule has 1 aromatic heterocycles. The monoisotopic (exact) mass is 458 g/mol. The second-order valence-corrected chi connectivity index (χ2v) is 8.84. The van der Waals surface area contributed by atoms with Gasteiger partial charge >= 0.3 is 0 Å². The Balaban J connectivity index is 1.38. The zero-order valence-electron chi connectivity index (χ0n) is 17.9. The summed E-state index contributed by atoms with van der Waals surface area (Å²) in [6.07, 6.45) is 11.7. The van der Waals surface area contributed by atoms with E-state index in [1.165, 1.54) is 25.0 Å². The number of halogens is 2. The van der Waals surface area contributed by atoms with Gasteiger partial charge in [0.05, 0.1) is 5.02 Å². The number of aromatic nitrogens is 2. The van der Waals surface area contributed by atoms with Crippen molar-refractivity contribution in [1.29, 1.82) is 0 Å². The smallest absolute Gasteiger partial charge is 0.280 e. The fourth-order valence-corrected chi connectivity index (χ4v) is 4.41. The zero-order valence-corrected chi connectivity index (χ0v) is 18.6. The van der Waals surface area contributed by atoms with Crippen LogP contribution in [0.4, 0.5) is 10.3 Å². The van der Waals surface area contributed by atoms with E-state index in [1.807, 2.05) is 0 Å². The first-order valence-corrected chi connectivity index (χ1v) is 11.6. The highest BCUT2D eigenvalue weighted by molar-refractivity contribution is 6.30. The van der Waals surface area contributed by atoms with Crippen LogP contribution in [-0.2, 0) is 0 Å². The molecule has 4 rings (SSSR count). The highest BCUT2D eigenvalue weighted by Gasteiger charge is 2.24. The average Bonchev–Trinajstić information content (AvgIpc) is 3.30. The summed E-state index contributed by atoms with van der Waals surface area (Å²) in [5.74, 6) is -0.000692. The lowest BCUT2D eigenvalue weighted by atomic mass is 9.91. The van der Waals surface area contributed by atoms with Crippen molar-refractivity contribution >= 4 is 29.4 Å². The van der Waals surface area contributed by atoms with E-state index in [4.69, 9.17) is 11.6 Å². The largest absolute Gasteiger partial charge is 0.353 e. The van der Waals surface area contributed by atoms with Crippen LogP contribution >= 0.6 is 11.6 Å². The molecule has 2 fully saturated rings. The lowest BCUT2D eigenvalue weighted by Crippen LogP contribution is -2.49. The number of nitrogens with one attached hydrogen (secondary N) is 3. The molecule has 2 aliphatic carbocycles. The average molecular weight is 459 g/mol. The van der Waals surface area contributed by atoms with Gasteiger partial charge in [-0.2, -0.15) is 4.99 Å². The minimum atomic E-state index is -0.626. The lowest BCUT2D eigenvalue weighted by molar-refractivity contribution is 0.100. The fraction of sp³-hybridized carbons (Fsp3) is 0.478. The Kier molecular flexibility index (Phi) is 7.52. The van der Waals surface area contributed by atoms with Gasteiger partial charge in [0.1, 0.15) is 5.82 Å². The summed E-state index contributed by atoms with van der Waals surface area (Å²) in [6.45, 7) is 0. The van der Waals surface area contributed by atoms with Gasteiger partial charge in [-0.3, -0.25) is 4.79 Å². The number of aliphatic imine (C=N–C) groups is 1. The van der Waals surface area contributed by atoms with E-state index in [2.05, 4.69) is 30.9 Å². The highest BCUT2D eigenvalue weighted by Crippen LogP contribution is 2.22. The first-order valence-electron chi connectivity index (χ1n) is 11.2. The topological polar surface area (TPSA) is 91.3 Å². The number of hydrogen-bond acceptors (Lipinski definition) is 4. The van der Waals surface area contributed by atoms with Crippen molar-refractivity contribution in [1.82, 2.24) is 20.6 Å². The number of guanidine groups is 1. The van der Waals surface area contributed by atoms with Gasteiger partial charge in [0.15, 0.2) is 5.96 Å². The van der Waals surface area contributed by atoms with Gasteiger partial charge in [-0.1, -0.05) is 24.4 Å². The molecule has 0 bridgehead atoms. The Morgan fingerprint density at radius 2 is 1.59 bits per heavy atom. The molecule has 0 radical (unpaired) electrons. The van der Waals surface area contributed by atoms with Gasteiger partial charge in [0.25, 0.3) is 5.91 Å². The van der Waals surface area contributed by atoms with Crippen molar-refractivity contribution in [3.8, 4) is 0 Å². The van der Waals surface area contributed by atoms with Gasteiger partial charge in [-0.05, 0) is 62.8 Å². The molecule has 1 aromatic carbocycles. The molecule has 0 spiro atoms. The van der Waals surface area contributed by atoms with E-state index in [0.717, 1.165) is 44.6 Å². The maximum absolute atomic E-state index is 13.8. The molecule has 1 amide bonds. The van der Waals surface area contributed by atoms with Gasteiger partial charge in [0.2, 0.25) is 5.95 Å². The Morgan fingerprint density at radius 1 is 0.969 bits per heavy atom. The molecule has 0 atom stereocenters. The summed E-state index contributed by atoms with van der Waals surface area (Å²) >= 11 is 5.74.